The topological polar surface area (TPSA) is 99.6 Å². The highest BCUT2D eigenvalue weighted by Gasteiger charge is 2.39. The fourth-order valence-corrected chi connectivity index (χ4v) is 4.45. The summed E-state index contributed by atoms with van der Waals surface area (Å²) in [5, 5.41) is 11.1. The van der Waals surface area contributed by atoms with Gasteiger partial charge in [-0.25, -0.2) is 5.10 Å². The summed E-state index contributed by atoms with van der Waals surface area (Å²) in [6, 6.07) is 0.140. The maximum Gasteiger partial charge on any atom is 0.401 e. The summed E-state index contributed by atoms with van der Waals surface area (Å²) >= 11 is 0. The number of aromatic nitrogens is 4. The van der Waals surface area contributed by atoms with Gasteiger partial charge in [-0.2, -0.15) is 23.4 Å². The molecular weight excluding hydrogens is 443 g/mol. The van der Waals surface area contributed by atoms with Gasteiger partial charge in [0, 0.05) is 45.3 Å². The number of halogens is 3. The van der Waals surface area contributed by atoms with Crippen LogP contribution >= 0.6 is 0 Å². The number of amides is 1. The van der Waals surface area contributed by atoms with Crippen molar-refractivity contribution < 1.29 is 22.7 Å². The Bertz CT molecular complexity index is 1020. The molecule has 1 amide bonds. The number of hydrogen-bond acceptors (Lipinski definition) is 7. The average molecular weight is 471 g/mol. The maximum atomic E-state index is 12.4. The minimum Gasteiger partial charge on any atom is -0.379 e. The lowest BCUT2D eigenvalue weighted by Crippen LogP contribution is -2.64. The molecule has 0 aliphatic carbocycles. The lowest BCUT2D eigenvalue weighted by Gasteiger charge is -2.48. The van der Waals surface area contributed by atoms with Crippen molar-refractivity contribution in [1.29, 1.82) is 0 Å². The number of piperazine rings is 1. The van der Waals surface area contributed by atoms with E-state index in [1.165, 1.54) is 4.90 Å². The molecule has 2 aliphatic rings. The van der Waals surface area contributed by atoms with E-state index in [2.05, 4.69) is 20.2 Å². The van der Waals surface area contributed by atoms with E-state index in [0.29, 0.717) is 69.0 Å². The smallest absolute Gasteiger partial charge is 0.379 e. The normalized spacial score (nSPS) is 18.7. The summed E-state index contributed by atoms with van der Waals surface area (Å²) in [7, 11) is 0. The molecule has 2 fully saturated rings. The van der Waals surface area contributed by atoms with Gasteiger partial charge in [-0.05, 0) is 6.92 Å². The van der Waals surface area contributed by atoms with Gasteiger partial charge < -0.3 is 9.64 Å². The first-order valence-electron chi connectivity index (χ1n) is 11.0. The molecule has 2 aromatic rings. The second-order valence-electron chi connectivity index (χ2n) is 8.51. The third-order valence-electron chi connectivity index (χ3n) is 6.18. The third kappa shape index (κ3) is 5.71. The van der Waals surface area contributed by atoms with Gasteiger partial charge in [0.05, 0.1) is 55.5 Å². The van der Waals surface area contributed by atoms with Crippen LogP contribution < -0.4 is 5.56 Å². The van der Waals surface area contributed by atoms with Gasteiger partial charge >= 0.3 is 6.18 Å². The van der Waals surface area contributed by atoms with Gasteiger partial charge in [-0.15, -0.1) is 0 Å². The average Bonchev–Trinajstić information content (AvgIpc) is 3.06. The highest BCUT2D eigenvalue weighted by Crippen LogP contribution is 2.23. The summed E-state index contributed by atoms with van der Waals surface area (Å²) in [6.07, 6.45) is -2.33. The van der Waals surface area contributed by atoms with Crippen molar-refractivity contribution in [3.63, 3.8) is 0 Å². The lowest BCUT2D eigenvalue weighted by atomic mass is 10.1. The van der Waals surface area contributed by atoms with Gasteiger partial charge in [0.15, 0.2) is 0 Å². The van der Waals surface area contributed by atoms with Crippen LogP contribution in [0.4, 0.5) is 13.2 Å². The Labute approximate surface area is 188 Å². The number of alkyl halides is 3. The Hall–Kier alpha value is -2.51. The predicted octanol–water partition coefficient (Wildman–Crippen LogP) is 0.225. The number of aryl methyl sites for hydroxylation is 1. The third-order valence-corrected chi connectivity index (χ3v) is 6.18. The van der Waals surface area contributed by atoms with Gasteiger partial charge in [0.1, 0.15) is 0 Å². The molecule has 10 nitrogen and oxygen atoms in total. The first-order chi connectivity index (χ1) is 15.7. The number of fused-ring (bicyclic) bond motifs is 1. The van der Waals surface area contributed by atoms with Crippen LogP contribution in [-0.2, 0) is 16.1 Å². The number of carbonyl (C=O) groups is 1. The Morgan fingerprint density at radius 2 is 1.94 bits per heavy atom. The van der Waals surface area contributed by atoms with Crippen molar-refractivity contribution in [2.45, 2.75) is 32.1 Å². The van der Waals surface area contributed by atoms with Crippen LogP contribution in [-0.4, -0.2) is 112 Å². The number of carbonyl (C=O) groups excluding carboxylic acids is 1. The minimum atomic E-state index is -4.15. The molecular formula is C20H28F3N7O3. The van der Waals surface area contributed by atoms with Crippen LogP contribution in [0.3, 0.4) is 0 Å². The summed E-state index contributed by atoms with van der Waals surface area (Å²) in [6.45, 7) is 5.34. The van der Waals surface area contributed by atoms with Crippen LogP contribution in [0.2, 0.25) is 0 Å². The van der Waals surface area contributed by atoms with E-state index in [0.717, 1.165) is 0 Å². The molecule has 13 heteroatoms. The first-order valence-corrected chi connectivity index (χ1v) is 11.0. The molecule has 4 heterocycles. The highest BCUT2D eigenvalue weighted by atomic mass is 19.4. The molecule has 0 saturated carbocycles. The number of nitrogens with zero attached hydrogens (tertiary/aromatic N) is 6. The fourth-order valence-electron chi connectivity index (χ4n) is 4.45. The van der Waals surface area contributed by atoms with Crippen LogP contribution in [0, 0.1) is 6.92 Å². The summed E-state index contributed by atoms with van der Waals surface area (Å²) in [4.78, 5) is 29.7. The van der Waals surface area contributed by atoms with Crippen molar-refractivity contribution in [2.24, 2.45) is 0 Å². The summed E-state index contributed by atoms with van der Waals surface area (Å²) in [5.41, 5.74) is 0.985. The zero-order valence-corrected chi connectivity index (χ0v) is 18.5. The van der Waals surface area contributed by atoms with E-state index in [9.17, 15) is 22.8 Å². The van der Waals surface area contributed by atoms with E-state index in [1.807, 2.05) is 0 Å². The Kier molecular flexibility index (Phi) is 7.00. The SMILES string of the molecule is Cc1nn(CCOCCC(=O)N2CCN(C3CN(CC(F)(F)F)C3)CC2)c2cn[nH]c(=O)c12. The number of nitrogens with one attached hydrogen (secondary N) is 1. The number of hydrogen-bond donors (Lipinski definition) is 1. The lowest BCUT2D eigenvalue weighted by molar-refractivity contribution is -0.162. The largest absolute Gasteiger partial charge is 0.401 e. The second-order valence-corrected chi connectivity index (χ2v) is 8.51. The number of H-pyrrole nitrogens is 1. The number of rotatable bonds is 8. The van der Waals surface area contributed by atoms with Crippen LogP contribution in [0.15, 0.2) is 11.0 Å². The van der Waals surface area contributed by atoms with Crippen molar-refractivity contribution in [3.05, 3.63) is 22.2 Å². The molecule has 0 radical (unpaired) electrons. The van der Waals surface area contributed by atoms with Gasteiger partial charge in [0.25, 0.3) is 5.56 Å². The zero-order valence-electron chi connectivity index (χ0n) is 18.5. The second kappa shape index (κ2) is 9.77. The molecule has 182 valence electrons. The molecule has 2 aliphatic heterocycles. The molecule has 2 aromatic heterocycles. The Morgan fingerprint density at radius 3 is 2.64 bits per heavy atom. The highest BCUT2D eigenvalue weighted by molar-refractivity contribution is 5.79. The maximum absolute atomic E-state index is 12.4. The van der Waals surface area contributed by atoms with Crippen molar-refractivity contribution in [1.82, 2.24) is 34.7 Å². The fraction of sp³-hybridized carbons (Fsp3) is 0.700. The van der Waals surface area contributed by atoms with E-state index in [-0.39, 0.29) is 30.5 Å². The number of ether oxygens (including phenoxy) is 1. The summed E-state index contributed by atoms with van der Waals surface area (Å²) < 4.78 is 44.5. The molecule has 0 unspecified atom stereocenters. The monoisotopic (exact) mass is 471 g/mol. The first kappa shape index (κ1) is 23.6. The quantitative estimate of drug-likeness (QED) is 0.550. The van der Waals surface area contributed by atoms with Crippen molar-refractivity contribution in [3.8, 4) is 0 Å². The Morgan fingerprint density at radius 1 is 1.21 bits per heavy atom. The molecule has 4 rings (SSSR count). The molecule has 0 aromatic carbocycles. The molecule has 2 saturated heterocycles. The van der Waals surface area contributed by atoms with Crippen LogP contribution in [0.1, 0.15) is 12.1 Å². The van der Waals surface area contributed by atoms with Gasteiger partial charge in [-0.1, -0.05) is 0 Å². The van der Waals surface area contributed by atoms with Gasteiger partial charge in [0.2, 0.25) is 5.91 Å². The summed E-state index contributed by atoms with van der Waals surface area (Å²) in [5.74, 6) is 0.0121. The molecule has 1 N–H and O–H groups in total. The van der Waals surface area contributed by atoms with Crippen molar-refractivity contribution >= 4 is 16.8 Å². The number of aromatic amines is 1. The number of likely N-dealkylation sites (tertiary alicyclic amines) is 1. The molecule has 0 atom stereocenters. The Balaban J connectivity index is 1.12. The van der Waals surface area contributed by atoms with E-state index in [1.54, 1.807) is 22.7 Å². The molecule has 0 spiro atoms. The molecule has 33 heavy (non-hydrogen) atoms. The van der Waals surface area contributed by atoms with E-state index < -0.39 is 12.7 Å². The standard InChI is InChI=1S/C20H28F3N7O3/c1-14-18-16(10-24-25-19(18)32)30(26-14)7-9-33-8-2-17(31)29-5-3-28(4-6-29)15-11-27(12-15)13-20(21,22)23/h10,15H,2-9,11-13H2,1H3,(H,25,32). The van der Waals surface area contributed by atoms with Gasteiger partial charge in [-0.3, -0.25) is 24.1 Å². The minimum absolute atomic E-state index is 0.0121. The van der Waals surface area contributed by atoms with Crippen LogP contribution in [0.5, 0.6) is 0 Å². The van der Waals surface area contributed by atoms with Crippen LogP contribution in [0.25, 0.3) is 10.9 Å². The molecule has 0 bridgehead atoms. The zero-order chi connectivity index (χ0) is 23.6. The van der Waals surface area contributed by atoms with E-state index in [4.69, 9.17) is 4.74 Å². The predicted molar refractivity (Wildman–Crippen MR) is 113 cm³/mol. The van der Waals surface area contributed by atoms with E-state index >= 15 is 0 Å². The van der Waals surface area contributed by atoms with Crippen molar-refractivity contribution in [2.75, 3.05) is 59.0 Å².